The zero-order valence-electron chi connectivity index (χ0n) is 18.4. The Morgan fingerprint density at radius 2 is 1.93 bits per heavy atom. The van der Waals surface area contributed by atoms with Crippen molar-refractivity contribution in [2.75, 3.05) is 6.67 Å². The first-order valence-electron chi connectivity index (χ1n) is 12.0. The van der Waals surface area contributed by atoms with Crippen LogP contribution in [0.5, 0.6) is 0 Å². The minimum atomic E-state index is -1.09. The number of oxazole rings is 1. The van der Waals surface area contributed by atoms with Gasteiger partial charge in [0.1, 0.15) is 18.7 Å². The van der Waals surface area contributed by atoms with Crippen molar-refractivity contribution in [2.45, 2.75) is 83.7 Å². The van der Waals surface area contributed by atoms with Crippen LogP contribution in [0.4, 0.5) is 4.39 Å². The number of halogens is 1. The quantitative estimate of drug-likeness (QED) is 0.736. The molecule has 0 saturated heterocycles. The number of alkyl halides is 1. The van der Waals surface area contributed by atoms with Crippen LogP contribution < -0.4 is 0 Å². The summed E-state index contributed by atoms with van der Waals surface area (Å²) in [7, 11) is 0. The second-order valence-corrected chi connectivity index (χ2v) is 11.5. The van der Waals surface area contributed by atoms with Crippen LogP contribution in [0.2, 0.25) is 0 Å². The number of carbonyl (C=O) groups excluding carboxylic acids is 1. The van der Waals surface area contributed by atoms with Crippen LogP contribution >= 0.6 is 0 Å². The Kier molecular flexibility index (Phi) is 4.92. The molecule has 4 nitrogen and oxygen atoms in total. The van der Waals surface area contributed by atoms with Gasteiger partial charge in [-0.3, -0.25) is 4.79 Å². The van der Waals surface area contributed by atoms with Gasteiger partial charge in [0.15, 0.2) is 0 Å². The van der Waals surface area contributed by atoms with Crippen LogP contribution in [0, 0.1) is 40.4 Å². The van der Waals surface area contributed by atoms with E-state index in [0.717, 1.165) is 32.1 Å². The molecule has 5 heteroatoms. The topological polar surface area (TPSA) is 63.3 Å². The molecule has 4 saturated carbocycles. The second-order valence-electron chi connectivity index (χ2n) is 11.5. The molecule has 5 rings (SSSR count). The van der Waals surface area contributed by atoms with Crippen LogP contribution in [0.15, 0.2) is 16.9 Å². The van der Waals surface area contributed by atoms with Gasteiger partial charge in [-0.2, -0.15) is 0 Å². The van der Waals surface area contributed by atoms with E-state index in [0.29, 0.717) is 54.6 Å². The molecule has 1 N–H and O–H groups in total. The van der Waals surface area contributed by atoms with Crippen molar-refractivity contribution in [3.63, 3.8) is 0 Å². The largest absolute Gasteiger partial charge is 0.449 e. The predicted octanol–water partition coefficient (Wildman–Crippen LogP) is 5.15. The predicted molar refractivity (Wildman–Crippen MR) is 111 cm³/mol. The number of ketones is 1. The lowest BCUT2D eigenvalue weighted by Crippen LogP contribution is -2.56. The van der Waals surface area contributed by atoms with Crippen molar-refractivity contribution in [1.29, 1.82) is 0 Å². The normalized spacial score (nSPS) is 47.9. The van der Waals surface area contributed by atoms with E-state index in [1.54, 1.807) is 12.5 Å². The van der Waals surface area contributed by atoms with Crippen LogP contribution in [-0.4, -0.2) is 28.1 Å². The number of aromatic nitrogens is 1. The summed E-state index contributed by atoms with van der Waals surface area (Å²) in [5.41, 5.74) is -0.792. The van der Waals surface area contributed by atoms with E-state index < -0.39 is 12.3 Å². The summed E-state index contributed by atoms with van der Waals surface area (Å²) >= 11 is 0. The van der Waals surface area contributed by atoms with E-state index in [2.05, 4.69) is 18.8 Å². The third kappa shape index (κ3) is 3.02. The highest BCUT2D eigenvalue weighted by atomic mass is 19.1. The number of carbonyl (C=O) groups is 1. The molecule has 1 aromatic heterocycles. The maximum atomic E-state index is 13.5. The molecule has 0 radical (unpaired) electrons. The summed E-state index contributed by atoms with van der Waals surface area (Å²) in [5, 5.41) is 10.6. The molecule has 30 heavy (non-hydrogen) atoms. The summed E-state index contributed by atoms with van der Waals surface area (Å²) in [6.07, 6.45) is 12.3. The van der Waals surface area contributed by atoms with E-state index >= 15 is 0 Å². The van der Waals surface area contributed by atoms with Crippen molar-refractivity contribution in [3.8, 4) is 0 Å². The number of Topliss-reactive ketones (excluding diaryl/α,β-unsaturated/α-hetero) is 1. The summed E-state index contributed by atoms with van der Waals surface area (Å²) in [5.74, 6) is 3.31. The van der Waals surface area contributed by atoms with Crippen LogP contribution in [-0.2, 0) is 11.2 Å². The Labute approximate surface area is 179 Å². The zero-order chi connectivity index (χ0) is 21.1. The highest BCUT2D eigenvalue weighted by Crippen LogP contribution is 2.68. The van der Waals surface area contributed by atoms with Gasteiger partial charge in [0.05, 0.1) is 18.2 Å². The number of rotatable bonds is 4. The van der Waals surface area contributed by atoms with Crippen molar-refractivity contribution in [2.24, 2.45) is 40.4 Å². The fourth-order valence-corrected chi connectivity index (χ4v) is 8.59. The lowest BCUT2D eigenvalue weighted by molar-refractivity contribution is -0.157. The first-order chi connectivity index (χ1) is 14.3. The fourth-order valence-electron chi connectivity index (χ4n) is 8.59. The Morgan fingerprint density at radius 3 is 2.67 bits per heavy atom. The maximum Gasteiger partial charge on any atom is 0.201 e. The van der Waals surface area contributed by atoms with Gasteiger partial charge in [-0.05, 0) is 92.3 Å². The van der Waals surface area contributed by atoms with Crippen LogP contribution in [0.3, 0.4) is 0 Å². The molecule has 1 aromatic rings. The Bertz CT molecular complexity index is 796. The molecule has 0 amide bonds. The molecule has 8 atom stereocenters. The minimum absolute atomic E-state index is 0.0857. The average Bonchev–Trinajstić information content (AvgIpc) is 3.35. The molecule has 0 spiro atoms. The molecule has 0 aliphatic heterocycles. The summed E-state index contributed by atoms with van der Waals surface area (Å²) < 4.78 is 18.8. The highest BCUT2D eigenvalue weighted by molar-refractivity contribution is 5.83. The van der Waals surface area contributed by atoms with Crippen molar-refractivity contribution in [3.05, 3.63) is 18.4 Å². The first-order valence-corrected chi connectivity index (χ1v) is 12.0. The van der Waals surface area contributed by atoms with Gasteiger partial charge in [-0.1, -0.05) is 13.8 Å². The van der Waals surface area contributed by atoms with E-state index in [1.165, 1.54) is 12.8 Å². The molecule has 1 heterocycles. The van der Waals surface area contributed by atoms with E-state index in [-0.39, 0.29) is 16.7 Å². The molecular weight excluding hydrogens is 381 g/mol. The van der Waals surface area contributed by atoms with Gasteiger partial charge in [0.25, 0.3) is 0 Å². The van der Waals surface area contributed by atoms with Gasteiger partial charge in [0.2, 0.25) is 5.89 Å². The molecule has 4 aliphatic rings. The molecule has 4 fully saturated rings. The Balaban J connectivity index is 1.34. The van der Waals surface area contributed by atoms with Gasteiger partial charge >= 0.3 is 0 Å². The van der Waals surface area contributed by atoms with E-state index in [4.69, 9.17) is 4.42 Å². The molecular formula is C25H36FNO3. The summed E-state index contributed by atoms with van der Waals surface area (Å²) in [6.45, 7) is 4.19. The van der Waals surface area contributed by atoms with Crippen molar-refractivity contribution >= 4 is 5.78 Å². The Hall–Kier alpha value is -1.23. The molecule has 0 aromatic carbocycles. The van der Waals surface area contributed by atoms with Gasteiger partial charge in [-0.25, -0.2) is 9.37 Å². The number of fused-ring (bicyclic) bond motifs is 5. The molecule has 166 valence electrons. The SMILES string of the molecule is C[C@]12CC[C@](O)(CF)C[C@H]1CC[C@@H]1[C@@H]2CC[C@]2(C)[C@@H](C(=O)Cc3ncco3)CC[C@@H]12. The third-order valence-corrected chi connectivity index (χ3v) is 10.3. The van der Waals surface area contributed by atoms with Crippen LogP contribution in [0.25, 0.3) is 0 Å². The number of hydrogen-bond acceptors (Lipinski definition) is 4. The number of aliphatic hydroxyl groups is 1. The average molecular weight is 418 g/mol. The maximum absolute atomic E-state index is 13.5. The van der Waals surface area contributed by atoms with Crippen molar-refractivity contribution < 1.29 is 18.7 Å². The smallest absolute Gasteiger partial charge is 0.201 e. The number of hydrogen-bond donors (Lipinski definition) is 1. The fraction of sp³-hybridized carbons (Fsp3) is 0.840. The monoisotopic (exact) mass is 417 g/mol. The van der Waals surface area contributed by atoms with Crippen molar-refractivity contribution in [1.82, 2.24) is 4.98 Å². The van der Waals surface area contributed by atoms with Gasteiger partial charge < -0.3 is 9.52 Å². The molecule has 0 bridgehead atoms. The lowest BCUT2D eigenvalue weighted by Gasteiger charge is -2.61. The Morgan fingerprint density at radius 1 is 1.13 bits per heavy atom. The third-order valence-electron chi connectivity index (χ3n) is 10.3. The first kappa shape index (κ1) is 20.7. The number of nitrogens with zero attached hydrogens (tertiary/aromatic N) is 1. The minimum Gasteiger partial charge on any atom is -0.449 e. The molecule has 0 unspecified atom stereocenters. The van der Waals surface area contributed by atoms with Gasteiger partial charge in [0, 0.05) is 5.92 Å². The second kappa shape index (κ2) is 7.15. The summed E-state index contributed by atoms with van der Waals surface area (Å²) in [4.78, 5) is 17.3. The molecule has 4 aliphatic carbocycles. The lowest BCUT2D eigenvalue weighted by atomic mass is 9.44. The van der Waals surface area contributed by atoms with E-state index in [9.17, 15) is 14.3 Å². The highest BCUT2D eigenvalue weighted by Gasteiger charge is 2.62. The van der Waals surface area contributed by atoms with E-state index in [1.807, 2.05) is 0 Å². The zero-order valence-corrected chi connectivity index (χ0v) is 18.4. The summed E-state index contributed by atoms with van der Waals surface area (Å²) in [6, 6.07) is 0. The van der Waals surface area contributed by atoms with Crippen LogP contribution in [0.1, 0.15) is 77.5 Å². The van der Waals surface area contributed by atoms with Gasteiger partial charge in [-0.15, -0.1) is 0 Å². The standard InChI is InChI=1S/C25H36FNO3/c1-23-9-10-25(29,15-26)14-16(23)3-4-17-18-5-6-20(24(18,2)8-7-19(17)23)21(28)13-22-27-11-12-30-22/h11-12,16-20,29H,3-10,13-15H2,1-2H3/t16-,17+,18+,19+,20-,23+,24+,25-/m1/s1.